The highest BCUT2D eigenvalue weighted by Gasteiger charge is 2.15. The molecule has 1 aromatic carbocycles. The van der Waals surface area contributed by atoms with Crippen LogP contribution in [-0.4, -0.2) is 26.9 Å². The largest absolute Gasteiger partial charge is 0.388 e. The van der Waals surface area contributed by atoms with Gasteiger partial charge in [-0.25, -0.2) is 0 Å². The Kier molecular flexibility index (Phi) is 2.94. The minimum absolute atomic E-state index is 0.314. The van der Waals surface area contributed by atoms with E-state index >= 15 is 0 Å². The Labute approximate surface area is 115 Å². The van der Waals surface area contributed by atoms with Crippen molar-refractivity contribution in [3.05, 3.63) is 30.1 Å². The standard InChI is InChI=1S/C13H15N5S/c1-8(2)11-15-16-13-18(11)17-12(19-13)9-5-4-6-10(7-9)14-3/h4-8,14H,1-3H3. The van der Waals surface area contributed by atoms with E-state index in [1.165, 1.54) is 0 Å². The molecular weight excluding hydrogens is 258 g/mol. The third kappa shape index (κ3) is 2.08. The topological polar surface area (TPSA) is 55.1 Å². The quantitative estimate of drug-likeness (QED) is 0.797. The van der Waals surface area contributed by atoms with Gasteiger partial charge in [0.25, 0.3) is 0 Å². The minimum atomic E-state index is 0.314. The summed E-state index contributed by atoms with van der Waals surface area (Å²) >= 11 is 1.56. The zero-order chi connectivity index (χ0) is 13.4. The van der Waals surface area contributed by atoms with Crippen molar-refractivity contribution < 1.29 is 0 Å². The predicted octanol–water partition coefficient (Wildman–Crippen LogP) is 3.02. The number of fused-ring (bicyclic) bond motifs is 1. The first-order chi connectivity index (χ1) is 9.19. The molecule has 5 nitrogen and oxygen atoms in total. The number of nitrogens with one attached hydrogen (secondary N) is 1. The monoisotopic (exact) mass is 273 g/mol. The van der Waals surface area contributed by atoms with E-state index in [4.69, 9.17) is 0 Å². The molecule has 0 aliphatic carbocycles. The summed E-state index contributed by atoms with van der Waals surface area (Å²) < 4.78 is 1.84. The van der Waals surface area contributed by atoms with Gasteiger partial charge >= 0.3 is 0 Å². The molecule has 2 heterocycles. The van der Waals surface area contributed by atoms with Crippen molar-refractivity contribution >= 4 is 22.0 Å². The highest BCUT2D eigenvalue weighted by molar-refractivity contribution is 7.19. The Morgan fingerprint density at radius 1 is 1.26 bits per heavy atom. The lowest BCUT2D eigenvalue weighted by molar-refractivity contribution is 0.727. The molecule has 0 saturated carbocycles. The van der Waals surface area contributed by atoms with Crippen LogP contribution in [-0.2, 0) is 0 Å². The summed E-state index contributed by atoms with van der Waals surface area (Å²) in [6.45, 7) is 4.19. The number of nitrogens with zero attached hydrogens (tertiary/aromatic N) is 4. The zero-order valence-corrected chi connectivity index (χ0v) is 11.9. The van der Waals surface area contributed by atoms with E-state index in [2.05, 4.69) is 46.6 Å². The lowest BCUT2D eigenvalue weighted by Gasteiger charge is -2.01. The van der Waals surface area contributed by atoms with Crippen molar-refractivity contribution in [2.45, 2.75) is 19.8 Å². The molecule has 3 rings (SSSR count). The fourth-order valence-corrected chi connectivity index (χ4v) is 2.76. The van der Waals surface area contributed by atoms with Crippen LogP contribution in [0.15, 0.2) is 24.3 Å². The lowest BCUT2D eigenvalue weighted by Crippen LogP contribution is -1.98. The van der Waals surface area contributed by atoms with Crippen molar-refractivity contribution in [3.8, 4) is 10.6 Å². The first-order valence-electron chi connectivity index (χ1n) is 6.19. The summed E-state index contributed by atoms with van der Waals surface area (Å²) in [5, 5.41) is 17.1. The van der Waals surface area contributed by atoms with Crippen LogP contribution in [0.1, 0.15) is 25.6 Å². The minimum Gasteiger partial charge on any atom is -0.388 e. The summed E-state index contributed by atoms with van der Waals surface area (Å²) in [6, 6.07) is 8.19. The van der Waals surface area contributed by atoms with Crippen LogP contribution >= 0.6 is 11.3 Å². The van der Waals surface area contributed by atoms with Gasteiger partial charge in [0.1, 0.15) is 5.01 Å². The molecule has 0 atom stereocenters. The maximum Gasteiger partial charge on any atom is 0.234 e. The predicted molar refractivity (Wildman–Crippen MR) is 77.7 cm³/mol. The van der Waals surface area contributed by atoms with Crippen molar-refractivity contribution in [2.75, 3.05) is 12.4 Å². The number of aromatic nitrogens is 4. The van der Waals surface area contributed by atoms with E-state index < -0.39 is 0 Å². The van der Waals surface area contributed by atoms with Crippen LogP contribution in [0, 0.1) is 0 Å². The lowest BCUT2D eigenvalue weighted by atomic mass is 10.2. The summed E-state index contributed by atoms with van der Waals surface area (Å²) in [4.78, 5) is 0.841. The van der Waals surface area contributed by atoms with E-state index in [1.807, 2.05) is 23.7 Å². The SMILES string of the molecule is CNc1cccc(-c2nn3c(C(C)C)nnc3s2)c1. The molecule has 0 aliphatic rings. The number of hydrogen-bond donors (Lipinski definition) is 1. The average Bonchev–Trinajstić information content (AvgIpc) is 2.98. The van der Waals surface area contributed by atoms with Crippen LogP contribution in [0.4, 0.5) is 5.69 Å². The molecule has 0 radical (unpaired) electrons. The number of hydrogen-bond acceptors (Lipinski definition) is 5. The second-order valence-corrected chi connectivity index (χ2v) is 5.60. The second kappa shape index (κ2) is 4.62. The van der Waals surface area contributed by atoms with Gasteiger partial charge in [-0.2, -0.15) is 9.61 Å². The van der Waals surface area contributed by atoms with Gasteiger partial charge in [0, 0.05) is 24.2 Å². The van der Waals surface area contributed by atoms with Gasteiger partial charge in [-0.3, -0.25) is 0 Å². The van der Waals surface area contributed by atoms with Crippen molar-refractivity contribution in [2.24, 2.45) is 0 Å². The zero-order valence-electron chi connectivity index (χ0n) is 11.1. The van der Waals surface area contributed by atoms with Gasteiger partial charge in [0.05, 0.1) is 0 Å². The molecule has 0 amide bonds. The van der Waals surface area contributed by atoms with E-state index in [0.717, 1.165) is 27.0 Å². The fraction of sp³-hybridized carbons (Fsp3) is 0.308. The fourth-order valence-electron chi connectivity index (χ4n) is 1.92. The van der Waals surface area contributed by atoms with E-state index in [9.17, 15) is 0 Å². The van der Waals surface area contributed by atoms with Gasteiger partial charge in [-0.05, 0) is 12.1 Å². The van der Waals surface area contributed by atoms with Gasteiger partial charge in [-0.1, -0.05) is 37.3 Å². The van der Waals surface area contributed by atoms with Crippen molar-refractivity contribution in [3.63, 3.8) is 0 Å². The maximum atomic E-state index is 4.62. The molecule has 1 N–H and O–H groups in total. The molecule has 0 aliphatic heterocycles. The van der Waals surface area contributed by atoms with Crippen LogP contribution in [0.25, 0.3) is 15.5 Å². The molecule has 0 bridgehead atoms. The number of benzene rings is 1. The first-order valence-corrected chi connectivity index (χ1v) is 7.01. The van der Waals surface area contributed by atoms with Gasteiger partial charge < -0.3 is 5.32 Å². The third-order valence-electron chi connectivity index (χ3n) is 2.93. The summed E-state index contributed by atoms with van der Waals surface area (Å²) in [5.41, 5.74) is 2.17. The highest BCUT2D eigenvalue weighted by Crippen LogP contribution is 2.28. The van der Waals surface area contributed by atoms with Crippen LogP contribution in [0.3, 0.4) is 0 Å². The normalized spacial score (nSPS) is 11.4. The Hall–Kier alpha value is -1.95. The maximum absolute atomic E-state index is 4.62. The molecule has 0 fully saturated rings. The van der Waals surface area contributed by atoms with Crippen molar-refractivity contribution in [1.82, 2.24) is 19.8 Å². The van der Waals surface area contributed by atoms with Gasteiger partial charge in [0.2, 0.25) is 4.96 Å². The average molecular weight is 273 g/mol. The van der Waals surface area contributed by atoms with E-state index in [1.54, 1.807) is 11.3 Å². The van der Waals surface area contributed by atoms with Gasteiger partial charge in [-0.15, -0.1) is 10.2 Å². The molecule has 3 aromatic rings. The van der Waals surface area contributed by atoms with Crippen LogP contribution in [0.2, 0.25) is 0 Å². The van der Waals surface area contributed by atoms with Gasteiger partial charge in [0.15, 0.2) is 5.82 Å². The first kappa shape index (κ1) is 12.1. The summed E-state index contributed by atoms with van der Waals surface area (Å²) in [6.07, 6.45) is 0. The molecule has 0 unspecified atom stereocenters. The van der Waals surface area contributed by atoms with Crippen LogP contribution in [0.5, 0.6) is 0 Å². The Bertz CT molecular complexity index is 713. The molecule has 6 heteroatoms. The molecule has 98 valence electrons. The molecule has 0 spiro atoms. The molecule has 0 saturated heterocycles. The Morgan fingerprint density at radius 2 is 2.11 bits per heavy atom. The summed E-state index contributed by atoms with van der Waals surface area (Å²) in [7, 11) is 1.91. The Morgan fingerprint density at radius 3 is 2.84 bits per heavy atom. The highest BCUT2D eigenvalue weighted by atomic mass is 32.1. The number of rotatable bonds is 3. The van der Waals surface area contributed by atoms with E-state index in [0.29, 0.717) is 5.92 Å². The smallest absolute Gasteiger partial charge is 0.234 e. The third-order valence-corrected chi connectivity index (χ3v) is 3.88. The second-order valence-electron chi connectivity index (χ2n) is 4.65. The summed E-state index contributed by atoms with van der Waals surface area (Å²) in [5.74, 6) is 1.22. The van der Waals surface area contributed by atoms with Crippen LogP contribution < -0.4 is 5.32 Å². The van der Waals surface area contributed by atoms with E-state index in [-0.39, 0.29) is 0 Å². The molecule has 19 heavy (non-hydrogen) atoms. The van der Waals surface area contributed by atoms with Crippen molar-refractivity contribution in [1.29, 1.82) is 0 Å². The Balaban J connectivity index is 2.10. The molecule has 2 aromatic heterocycles. The molecular formula is C13H15N5S. The number of anilines is 1.